The fourth-order valence-corrected chi connectivity index (χ4v) is 5.86. The quantitative estimate of drug-likeness (QED) is 0.603. The maximum absolute atomic E-state index is 14.1. The summed E-state index contributed by atoms with van der Waals surface area (Å²) in [7, 11) is -2.11. The van der Waals surface area contributed by atoms with Gasteiger partial charge in [0.2, 0.25) is 10.0 Å². The first-order valence-corrected chi connectivity index (χ1v) is 12.7. The van der Waals surface area contributed by atoms with Gasteiger partial charge < -0.3 is 15.4 Å². The van der Waals surface area contributed by atoms with Crippen molar-refractivity contribution in [3.05, 3.63) is 35.3 Å². The molecule has 32 heavy (non-hydrogen) atoms. The van der Waals surface area contributed by atoms with Gasteiger partial charge in [0.05, 0.1) is 5.52 Å². The monoisotopic (exact) mass is 466 g/mol. The van der Waals surface area contributed by atoms with Crippen molar-refractivity contribution in [3.63, 3.8) is 0 Å². The van der Waals surface area contributed by atoms with E-state index in [1.54, 1.807) is 12.1 Å². The van der Waals surface area contributed by atoms with E-state index in [4.69, 9.17) is 5.11 Å². The van der Waals surface area contributed by atoms with E-state index in [0.717, 1.165) is 44.2 Å². The number of nitrogens with one attached hydrogen (secondary N) is 2. The molecule has 2 fully saturated rings. The summed E-state index contributed by atoms with van der Waals surface area (Å²) >= 11 is 0. The molecule has 3 atom stereocenters. The summed E-state index contributed by atoms with van der Waals surface area (Å²) in [5.41, 5.74) is 1.88. The Balaban J connectivity index is 1.38. The Morgan fingerprint density at radius 3 is 2.84 bits per heavy atom. The van der Waals surface area contributed by atoms with Crippen LogP contribution in [-0.2, 0) is 10.0 Å². The van der Waals surface area contributed by atoms with Gasteiger partial charge in [0.1, 0.15) is 11.5 Å². The normalized spacial score (nSPS) is 25.0. The predicted octanol–water partition coefficient (Wildman–Crippen LogP) is 1.94. The predicted molar refractivity (Wildman–Crippen MR) is 120 cm³/mol. The lowest BCUT2D eigenvalue weighted by Gasteiger charge is -2.36. The van der Waals surface area contributed by atoms with E-state index in [9.17, 15) is 17.6 Å². The van der Waals surface area contributed by atoms with Crippen LogP contribution in [0.1, 0.15) is 48.2 Å². The highest BCUT2D eigenvalue weighted by atomic mass is 32.2. The van der Waals surface area contributed by atoms with Crippen molar-refractivity contribution < 1.29 is 22.7 Å². The van der Waals surface area contributed by atoms with Crippen molar-refractivity contribution >= 4 is 26.8 Å². The van der Waals surface area contributed by atoms with Crippen molar-refractivity contribution in [2.75, 3.05) is 26.1 Å². The number of rotatable bonds is 6. The fourth-order valence-electron chi connectivity index (χ4n) is 5.05. The summed E-state index contributed by atoms with van der Waals surface area (Å²) in [5.74, 6) is -1.47. The molecule has 1 saturated carbocycles. The van der Waals surface area contributed by atoms with E-state index in [1.807, 2.05) is 6.92 Å². The number of likely N-dealkylation sites (tertiary alicyclic amines) is 1. The molecule has 1 aliphatic heterocycles. The van der Waals surface area contributed by atoms with Gasteiger partial charge >= 0.3 is 0 Å². The lowest BCUT2D eigenvalue weighted by atomic mass is 9.90. The minimum Gasteiger partial charge on any atom is -0.379 e. The Morgan fingerprint density at radius 1 is 1.34 bits per heavy atom. The topological polar surface area (TPSA) is 106 Å². The van der Waals surface area contributed by atoms with Crippen LogP contribution in [0.25, 0.3) is 10.9 Å². The van der Waals surface area contributed by atoms with Gasteiger partial charge in [0.15, 0.2) is 5.94 Å². The Morgan fingerprint density at radius 2 is 2.12 bits per heavy atom. The standard InChI is InChI=1S/C22H31FN4O4S/c1-14-6-7-19(23)18-11-20(25-21(14)18)22(29)24-15-4-3-5-16(10-15)27-9-8-17(12-27)26(2)32(30,31)13-28/h6-7,11,15-17,25,28H,3-5,8-10,12-13H2,1-2H3,(H,24,29)/t15-,16+,17+/m1/s1. The first-order chi connectivity index (χ1) is 15.2. The van der Waals surface area contributed by atoms with Gasteiger partial charge in [-0.3, -0.25) is 9.69 Å². The van der Waals surface area contributed by atoms with Crippen molar-refractivity contribution in [2.24, 2.45) is 0 Å². The number of hydrogen-bond acceptors (Lipinski definition) is 5. The molecule has 8 nitrogen and oxygen atoms in total. The minimum atomic E-state index is -3.64. The van der Waals surface area contributed by atoms with Gasteiger partial charge in [-0.2, -0.15) is 4.31 Å². The molecule has 2 heterocycles. The number of H-pyrrole nitrogens is 1. The van der Waals surface area contributed by atoms with Crippen LogP contribution in [0.5, 0.6) is 0 Å². The van der Waals surface area contributed by atoms with Crippen LogP contribution in [0.2, 0.25) is 0 Å². The third-order valence-corrected chi connectivity index (χ3v) is 8.50. The van der Waals surface area contributed by atoms with E-state index in [2.05, 4.69) is 15.2 Å². The molecule has 10 heteroatoms. The smallest absolute Gasteiger partial charge is 0.267 e. The second kappa shape index (κ2) is 9.09. The largest absolute Gasteiger partial charge is 0.379 e. The van der Waals surface area contributed by atoms with Gasteiger partial charge in [-0.1, -0.05) is 6.07 Å². The average Bonchev–Trinajstić information content (AvgIpc) is 3.44. The van der Waals surface area contributed by atoms with Gasteiger partial charge in [0.25, 0.3) is 5.91 Å². The first-order valence-electron chi connectivity index (χ1n) is 11.1. The zero-order valence-electron chi connectivity index (χ0n) is 18.5. The fraction of sp³-hybridized carbons (Fsp3) is 0.591. The molecule has 2 aromatic rings. The molecule has 176 valence electrons. The van der Waals surface area contributed by atoms with Crippen LogP contribution in [-0.4, -0.2) is 77.8 Å². The third kappa shape index (κ3) is 4.54. The van der Waals surface area contributed by atoms with E-state index in [0.29, 0.717) is 23.1 Å². The van der Waals surface area contributed by atoms with E-state index in [1.165, 1.54) is 17.4 Å². The number of aryl methyl sites for hydroxylation is 1. The van der Waals surface area contributed by atoms with Crippen molar-refractivity contribution in [3.8, 4) is 0 Å². The number of carbonyl (C=O) groups is 1. The van der Waals surface area contributed by atoms with Crippen LogP contribution in [0.3, 0.4) is 0 Å². The number of aromatic amines is 1. The summed E-state index contributed by atoms with van der Waals surface area (Å²) < 4.78 is 39.3. The zero-order valence-corrected chi connectivity index (χ0v) is 19.3. The molecule has 2 aliphatic rings. The van der Waals surface area contributed by atoms with E-state index < -0.39 is 16.0 Å². The molecular formula is C22H31FN4O4S. The molecule has 1 amide bonds. The second-order valence-corrected chi connectivity index (χ2v) is 11.0. The van der Waals surface area contributed by atoms with Gasteiger partial charge in [-0.15, -0.1) is 0 Å². The zero-order chi connectivity index (χ0) is 23.0. The number of halogens is 1. The highest BCUT2D eigenvalue weighted by molar-refractivity contribution is 7.88. The summed E-state index contributed by atoms with van der Waals surface area (Å²) in [6.45, 7) is 3.29. The first kappa shape index (κ1) is 23.2. The van der Waals surface area contributed by atoms with Crippen LogP contribution in [0.15, 0.2) is 18.2 Å². The molecular weight excluding hydrogens is 435 g/mol. The lowest BCUT2D eigenvalue weighted by molar-refractivity contribution is 0.0898. The molecule has 1 saturated heterocycles. The molecule has 0 radical (unpaired) electrons. The molecule has 1 aromatic carbocycles. The van der Waals surface area contributed by atoms with Crippen LogP contribution in [0.4, 0.5) is 4.39 Å². The van der Waals surface area contributed by atoms with Crippen molar-refractivity contribution in [1.29, 1.82) is 0 Å². The molecule has 1 aromatic heterocycles. The number of aliphatic hydroxyl groups excluding tert-OH is 1. The Kier molecular flexibility index (Phi) is 6.58. The molecule has 0 unspecified atom stereocenters. The number of sulfonamides is 1. The molecule has 0 bridgehead atoms. The average molecular weight is 467 g/mol. The van der Waals surface area contributed by atoms with Crippen molar-refractivity contribution in [2.45, 2.75) is 57.2 Å². The Hall–Kier alpha value is -2.01. The summed E-state index contributed by atoms with van der Waals surface area (Å²) in [4.78, 5) is 18.2. The van der Waals surface area contributed by atoms with Gasteiger partial charge in [-0.05, 0) is 56.7 Å². The highest BCUT2D eigenvalue weighted by Crippen LogP contribution is 2.29. The Bertz CT molecular complexity index is 1060. The van der Waals surface area contributed by atoms with Crippen molar-refractivity contribution in [1.82, 2.24) is 19.5 Å². The number of amides is 1. The number of aromatic nitrogens is 1. The minimum absolute atomic E-state index is 0.0107. The highest BCUT2D eigenvalue weighted by Gasteiger charge is 2.36. The van der Waals surface area contributed by atoms with Crippen LogP contribution >= 0.6 is 0 Å². The number of likely N-dealkylation sites (N-methyl/N-ethyl adjacent to an activating group) is 1. The number of carbonyl (C=O) groups excluding carboxylic acids is 1. The molecule has 0 spiro atoms. The number of aliphatic hydroxyl groups is 1. The molecule has 4 rings (SSSR count). The number of benzene rings is 1. The SMILES string of the molecule is Cc1ccc(F)c2cc(C(=O)N[C@@H]3CCC[C@H](N4CC[C@H](N(C)S(=O)(=O)CO)C4)C3)[nH]c12. The lowest BCUT2D eigenvalue weighted by Crippen LogP contribution is -2.46. The second-order valence-electron chi connectivity index (χ2n) is 9.02. The summed E-state index contributed by atoms with van der Waals surface area (Å²) in [5, 5.41) is 12.6. The van der Waals surface area contributed by atoms with Gasteiger partial charge in [0, 0.05) is 43.6 Å². The maximum atomic E-state index is 14.1. The van der Waals surface area contributed by atoms with Crippen LogP contribution < -0.4 is 5.32 Å². The number of nitrogens with zero attached hydrogens (tertiary/aromatic N) is 2. The Labute approximate surface area is 187 Å². The third-order valence-electron chi connectivity index (χ3n) is 7.00. The molecule has 1 aliphatic carbocycles. The summed E-state index contributed by atoms with van der Waals surface area (Å²) in [6, 6.07) is 4.80. The van der Waals surface area contributed by atoms with E-state index >= 15 is 0 Å². The van der Waals surface area contributed by atoms with E-state index in [-0.39, 0.29) is 29.8 Å². The maximum Gasteiger partial charge on any atom is 0.267 e. The van der Waals surface area contributed by atoms with Gasteiger partial charge in [-0.25, -0.2) is 12.8 Å². The molecule has 3 N–H and O–H groups in total. The van der Waals surface area contributed by atoms with Crippen LogP contribution in [0, 0.1) is 12.7 Å². The number of fused-ring (bicyclic) bond motifs is 1. The summed E-state index contributed by atoms with van der Waals surface area (Å²) in [6.07, 6.45) is 4.38. The number of hydrogen-bond donors (Lipinski definition) is 3.